The Kier molecular flexibility index (Phi) is 2.37. The van der Waals surface area contributed by atoms with Crippen molar-refractivity contribution in [1.82, 2.24) is 14.8 Å². The number of rotatable bonds is 2. The highest BCUT2D eigenvalue weighted by atomic mass is 16.1. The molecule has 5 heteroatoms. The third-order valence-electron chi connectivity index (χ3n) is 2.77. The molecule has 1 amide bonds. The molecule has 5 nitrogen and oxygen atoms in total. The lowest BCUT2D eigenvalue weighted by atomic mass is 10.1. The van der Waals surface area contributed by atoms with Crippen molar-refractivity contribution in [2.75, 3.05) is 5.32 Å². The molecule has 0 unspecified atom stereocenters. The first-order valence-corrected chi connectivity index (χ1v) is 5.60. The average Bonchev–Trinajstić information content (AvgIpc) is 2.96. The molecule has 0 spiro atoms. The van der Waals surface area contributed by atoms with Crippen LogP contribution in [0, 0.1) is 0 Å². The number of aryl methyl sites for hydroxylation is 1. The van der Waals surface area contributed by atoms with Gasteiger partial charge in [-0.2, -0.15) is 5.10 Å². The molecule has 0 fully saturated rings. The minimum absolute atomic E-state index is 0.156. The van der Waals surface area contributed by atoms with E-state index >= 15 is 0 Å². The molecule has 2 aromatic heterocycles. The molecular weight excluding hydrogens is 228 g/mol. The van der Waals surface area contributed by atoms with Gasteiger partial charge in [-0.05, 0) is 24.3 Å². The minimum Gasteiger partial charge on any atom is -0.361 e. The van der Waals surface area contributed by atoms with Gasteiger partial charge in [-0.3, -0.25) is 9.48 Å². The zero-order valence-corrected chi connectivity index (χ0v) is 9.84. The highest BCUT2D eigenvalue weighted by Crippen LogP contribution is 2.15. The number of H-pyrrole nitrogens is 1. The maximum absolute atomic E-state index is 12.0. The second-order valence-corrected chi connectivity index (χ2v) is 4.11. The van der Waals surface area contributed by atoms with E-state index in [2.05, 4.69) is 15.4 Å². The number of aromatic amines is 1. The van der Waals surface area contributed by atoms with E-state index in [1.807, 2.05) is 31.4 Å². The number of nitrogens with zero attached hydrogens (tertiary/aromatic N) is 2. The SMILES string of the molecule is Cn1ccc(NC(=O)c2ccc3[nH]ccc3c2)n1. The van der Waals surface area contributed by atoms with E-state index in [4.69, 9.17) is 0 Å². The molecule has 0 bridgehead atoms. The molecule has 0 radical (unpaired) electrons. The highest BCUT2D eigenvalue weighted by molar-refractivity contribution is 6.05. The topological polar surface area (TPSA) is 62.7 Å². The van der Waals surface area contributed by atoms with Gasteiger partial charge in [-0.15, -0.1) is 0 Å². The monoisotopic (exact) mass is 240 g/mol. The van der Waals surface area contributed by atoms with Crippen molar-refractivity contribution < 1.29 is 4.79 Å². The van der Waals surface area contributed by atoms with Gasteiger partial charge in [0.05, 0.1) is 0 Å². The smallest absolute Gasteiger partial charge is 0.256 e. The Bertz CT molecular complexity index is 710. The summed E-state index contributed by atoms with van der Waals surface area (Å²) in [6.07, 6.45) is 3.63. The summed E-state index contributed by atoms with van der Waals surface area (Å²) >= 11 is 0. The number of hydrogen-bond donors (Lipinski definition) is 2. The fourth-order valence-corrected chi connectivity index (χ4v) is 1.86. The summed E-state index contributed by atoms with van der Waals surface area (Å²) in [4.78, 5) is 15.1. The van der Waals surface area contributed by atoms with E-state index in [0.29, 0.717) is 11.4 Å². The third-order valence-corrected chi connectivity index (χ3v) is 2.77. The first-order valence-electron chi connectivity index (χ1n) is 5.60. The summed E-state index contributed by atoms with van der Waals surface area (Å²) in [5.41, 5.74) is 1.64. The Labute approximate surface area is 103 Å². The average molecular weight is 240 g/mol. The van der Waals surface area contributed by atoms with Gasteiger partial charge in [-0.1, -0.05) is 0 Å². The third kappa shape index (κ3) is 1.86. The Morgan fingerprint density at radius 2 is 2.22 bits per heavy atom. The van der Waals surface area contributed by atoms with Gasteiger partial charge in [-0.25, -0.2) is 0 Å². The van der Waals surface area contributed by atoms with Gasteiger partial charge in [0.15, 0.2) is 5.82 Å². The number of aromatic nitrogens is 3. The maximum atomic E-state index is 12.0. The number of anilines is 1. The van der Waals surface area contributed by atoms with Crippen LogP contribution < -0.4 is 5.32 Å². The van der Waals surface area contributed by atoms with E-state index in [1.54, 1.807) is 23.0 Å². The number of carbonyl (C=O) groups excluding carboxylic acids is 1. The van der Waals surface area contributed by atoms with Crippen LogP contribution in [0.15, 0.2) is 42.7 Å². The molecule has 3 aromatic rings. The summed E-state index contributed by atoms with van der Waals surface area (Å²) in [6.45, 7) is 0. The van der Waals surface area contributed by atoms with Gasteiger partial charge in [0.25, 0.3) is 5.91 Å². The first-order chi connectivity index (χ1) is 8.72. The summed E-state index contributed by atoms with van der Waals surface area (Å²) in [6, 6.07) is 9.23. The molecule has 0 atom stereocenters. The summed E-state index contributed by atoms with van der Waals surface area (Å²) in [7, 11) is 1.81. The summed E-state index contributed by atoms with van der Waals surface area (Å²) in [5, 5.41) is 7.88. The van der Waals surface area contributed by atoms with Crippen LogP contribution in [0.5, 0.6) is 0 Å². The number of benzene rings is 1. The molecule has 0 aliphatic rings. The van der Waals surface area contributed by atoms with Crippen molar-refractivity contribution in [3.8, 4) is 0 Å². The van der Waals surface area contributed by atoms with Crippen molar-refractivity contribution in [2.45, 2.75) is 0 Å². The Hall–Kier alpha value is -2.56. The van der Waals surface area contributed by atoms with Crippen molar-refractivity contribution in [1.29, 1.82) is 0 Å². The number of carbonyl (C=O) groups is 1. The number of amides is 1. The summed E-state index contributed by atoms with van der Waals surface area (Å²) in [5.74, 6) is 0.397. The Balaban J connectivity index is 1.87. The minimum atomic E-state index is -0.156. The molecule has 0 saturated heterocycles. The van der Waals surface area contributed by atoms with E-state index < -0.39 is 0 Å². The van der Waals surface area contributed by atoms with Crippen molar-refractivity contribution >= 4 is 22.6 Å². The van der Waals surface area contributed by atoms with Crippen LogP contribution in [0.3, 0.4) is 0 Å². The van der Waals surface area contributed by atoms with Crippen LogP contribution in [0.25, 0.3) is 10.9 Å². The summed E-state index contributed by atoms with van der Waals surface area (Å²) < 4.78 is 1.64. The molecule has 0 aliphatic heterocycles. The molecular formula is C13H12N4O. The fourth-order valence-electron chi connectivity index (χ4n) is 1.86. The standard InChI is InChI=1S/C13H12N4O/c1-17-7-5-12(16-17)15-13(18)10-2-3-11-9(8-10)4-6-14-11/h2-8,14H,1H3,(H,15,16,18). The number of nitrogens with one attached hydrogen (secondary N) is 2. The van der Waals surface area contributed by atoms with Crippen LogP contribution >= 0.6 is 0 Å². The van der Waals surface area contributed by atoms with Crippen LogP contribution in [0.2, 0.25) is 0 Å². The largest absolute Gasteiger partial charge is 0.361 e. The number of hydrogen-bond acceptors (Lipinski definition) is 2. The normalized spacial score (nSPS) is 10.7. The first kappa shape index (κ1) is 10.6. The fraction of sp³-hybridized carbons (Fsp3) is 0.0769. The van der Waals surface area contributed by atoms with Crippen molar-refractivity contribution in [2.24, 2.45) is 7.05 Å². The van der Waals surface area contributed by atoms with Gasteiger partial charge >= 0.3 is 0 Å². The quantitative estimate of drug-likeness (QED) is 0.721. The predicted molar refractivity (Wildman–Crippen MR) is 69.5 cm³/mol. The lowest BCUT2D eigenvalue weighted by Crippen LogP contribution is -2.12. The molecule has 0 saturated carbocycles. The van der Waals surface area contributed by atoms with Gasteiger partial charge < -0.3 is 10.3 Å². The van der Waals surface area contributed by atoms with Crippen LogP contribution in [-0.4, -0.2) is 20.7 Å². The van der Waals surface area contributed by atoms with Crippen LogP contribution in [-0.2, 0) is 7.05 Å². The predicted octanol–water partition coefficient (Wildman–Crippen LogP) is 2.15. The Morgan fingerprint density at radius 3 is 3.00 bits per heavy atom. The second-order valence-electron chi connectivity index (χ2n) is 4.11. The molecule has 1 aromatic carbocycles. The molecule has 3 rings (SSSR count). The Morgan fingerprint density at radius 1 is 1.33 bits per heavy atom. The molecule has 2 heterocycles. The lowest BCUT2D eigenvalue weighted by molar-refractivity contribution is 0.102. The molecule has 90 valence electrons. The van der Waals surface area contributed by atoms with Crippen molar-refractivity contribution in [3.05, 3.63) is 48.3 Å². The van der Waals surface area contributed by atoms with E-state index in [9.17, 15) is 4.79 Å². The maximum Gasteiger partial charge on any atom is 0.256 e. The molecule has 0 aliphatic carbocycles. The van der Waals surface area contributed by atoms with Gasteiger partial charge in [0.1, 0.15) is 0 Å². The second kappa shape index (κ2) is 4.03. The zero-order valence-electron chi connectivity index (χ0n) is 9.84. The highest BCUT2D eigenvalue weighted by Gasteiger charge is 2.08. The van der Waals surface area contributed by atoms with E-state index in [1.165, 1.54) is 0 Å². The van der Waals surface area contributed by atoms with Gasteiger partial charge in [0.2, 0.25) is 0 Å². The van der Waals surface area contributed by atoms with E-state index in [-0.39, 0.29) is 5.91 Å². The zero-order chi connectivity index (χ0) is 12.5. The number of fused-ring (bicyclic) bond motifs is 1. The molecule has 18 heavy (non-hydrogen) atoms. The van der Waals surface area contributed by atoms with E-state index in [0.717, 1.165) is 10.9 Å². The molecule has 2 N–H and O–H groups in total. The van der Waals surface area contributed by atoms with Crippen LogP contribution in [0.1, 0.15) is 10.4 Å². The van der Waals surface area contributed by atoms with Crippen molar-refractivity contribution in [3.63, 3.8) is 0 Å². The van der Waals surface area contributed by atoms with Gasteiger partial charge in [0, 0.05) is 42.0 Å². The van der Waals surface area contributed by atoms with Crippen LogP contribution in [0.4, 0.5) is 5.82 Å². The lowest BCUT2D eigenvalue weighted by Gasteiger charge is -2.02.